The molecule has 0 heterocycles. The van der Waals surface area contributed by atoms with Crippen LogP contribution in [0.2, 0.25) is 0 Å². The Labute approximate surface area is 165 Å². The zero-order valence-corrected chi connectivity index (χ0v) is 16.9. The molecule has 0 aromatic heterocycles. The van der Waals surface area contributed by atoms with Crippen LogP contribution in [0.25, 0.3) is 0 Å². The standard InChI is InChI=1S/C18H15P.C4H8O.Rh/c1-4-10-16(11-5-1)19(17-12-6-2-7-13-17)18-14-8-3-9-15-18;1-2-3-4-5;/h1-15H;4H,2-3H2,1H3;. The average Bonchev–Trinajstić information content (AvgIpc) is 2.66. The summed E-state index contributed by atoms with van der Waals surface area (Å²) in [5.74, 6) is 0. The molecule has 0 aliphatic carbocycles. The van der Waals surface area contributed by atoms with Crippen molar-refractivity contribution in [2.24, 2.45) is 0 Å². The van der Waals surface area contributed by atoms with Crippen molar-refractivity contribution in [3.8, 4) is 0 Å². The van der Waals surface area contributed by atoms with Crippen molar-refractivity contribution >= 4 is 30.1 Å². The summed E-state index contributed by atoms with van der Waals surface area (Å²) in [6.45, 7) is 1.98. The second-order valence-corrected chi connectivity index (χ2v) is 7.52. The quantitative estimate of drug-likeness (QED) is 0.328. The third-order valence-corrected chi connectivity index (χ3v) is 5.89. The Morgan fingerprint density at radius 1 is 0.680 bits per heavy atom. The first-order valence-electron chi connectivity index (χ1n) is 8.25. The van der Waals surface area contributed by atoms with E-state index in [-0.39, 0.29) is 19.5 Å². The molecule has 0 aliphatic heterocycles. The Bertz CT molecular complexity index is 608. The van der Waals surface area contributed by atoms with Crippen LogP contribution < -0.4 is 15.9 Å². The summed E-state index contributed by atoms with van der Waals surface area (Å²) in [6.07, 6.45) is 2.61. The van der Waals surface area contributed by atoms with Crippen molar-refractivity contribution in [2.45, 2.75) is 19.8 Å². The predicted octanol–water partition coefficient (Wildman–Crippen LogP) is 4.43. The van der Waals surface area contributed by atoms with Gasteiger partial charge in [-0.15, -0.1) is 0 Å². The molecule has 131 valence electrons. The number of unbranched alkanes of at least 4 members (excludes halogenated alkanes) is 1. The third-order valence-electron chi connectivity index (χ3n) is 3.45. The molecule has 0 saturated heterocycles. The van der Waals surface area contributed by atoms with Gasteiger partial charge in [0, 0.05) is 25.9 Å². The van der Waals surface area contributed by atoms with E-state index in [2.05, 4.69) is 91.0 Å². The smallest absolute Gasteiger partial charge is 0.119 e. The number of rotatable bonds is 5. The van der Waals surface area contributed by atoms with Gasteiger partial charge in [-0.25, -0.2) is 0 Å². The van der Waals surface area contributed by atoms with Gasteiger partial charge in [0.2, 0.25) is 0 Å². The maximum Gasteiger partial charge on any atom is 0.119 e. The molecule has 0 spiro atoms. The maximum atomic E-state index is 9.40. The van der Waals surface area contributed by atoms with Crippen LogP contribution in [0.1, 0.15) is 19.8 Å². The van der Waals surface area contributed by atoms with Gasteiger partial charge in [-0.05, 0) is 30.3 Å². The Balaban J connectivity index is 0.000000462. The van der Waals surface area contributed by atoms with E-state index < -0.39 is 7.92 Å². The predicted molar refractivity (Wildman–Crippen MR) is 106 cm³/mol. The summed E-state index contributed by atoms with van der Waals surface area (Å²) in [5.41, 5.74) is 0. The molecule has 0 aliphatic rings. The van der Waals surface area contributed by atoms with Crippen LogP contribution in [0.5, 0.6) is 0 Å². The van der Waals surface area contributed by atoms with Crippen molar-refractivity contribution in [1.29, 1.82) is 0 Å². The molecule has 25 heavy (non-hydrogen) atoms. The van der Waals surface area contributed by atoms with Crippen LogP contribution in [0, 0.1) is 0 Å². The second-order valence-electron chi connectivity index (χ2n) is 5.30. The van der Waals surface area contributed by atoms with E-state index in [1.54, 1.807) is 0 Å². The van der Waals surface area contributed by atoms with Crippen LogP contribution >= 0.6 is 7.92 Å². The maximum absolute atomic E-state index is 9.40. The number of hydrogen-bond donors (Lipinski definition) is 0. The number of hydrogen-bond acceptors (Lipinski definition) is 1. The van der Waals surface area contributed by atoms with E-state index in [1.807, 2.05) is 6.92 Å². The van der Waals surface area contributed by atoms with Crippen LogP contribution in [0.3, 0.4) is 0 Å². The molecule has 0 saturated carbocycles. The van der Waals surface area contributed by atoms with Gasteiger partial charge in [-0.3, -0.25) is 0 Å². The molecule has 1 nitrogen and oxygen atoms in total. The molecule has 3 rings (SSSR count). The summed E-state index contributed by atoms with van der Waals surface area (Å²) < 4.78 is 0. The van der Waals surface area contributed by atoms with E-state index in [0.717, 1.165) is 12.7 Å². The number of carbonyl (C=O) groups is 1. The van der Waals surface area contributed by atoms with Crippen molar-refractivity contribution in [3.63, 3.8) is 0 Å². The fourth-order valence-corrected chi connectivity index (χ4v) is 4.60. The minimum atomic E-state index is -0.446. The third kappa shape index (κ3) is 7.03. The molecule has 3 aromatic rings. The fraction of sp³-hybridized carbons (Fsp3) is 0.136. The van der Waals surface area contributed by atoms with Gasteiger partial charge in [0.05, 0.1) is 0 Å². The van der Waals surface area contributed by atoms with Gasteiger partial charge in [-0.2, -0.15) is 0 Å². The Hall–Kier alpha value is -1.62. The summed E-state index contributed by atoms with van der Waals surface area (Å²) in [5, 5.41) is 4.19. The molecule has 3 aromatic carbocycles. The first-order chi connectivity index (χ1) is 11.9. The van der Waals surface area contributed by atoms with Gasteiger partial charge in [0.15, 0.2) is 0 Å². The molecule has 3 heteroatoms. The van der Waals surface area contributed by atoms with Crippen molar-refractivity contribution in [1.82, 2.24) is 0 Å². The largest absolute Gasteiger partial charge is 0.303 e. The van der Waals surface area contributed by atoms with E-state index >= 15 is 0 Å². The fourth-order valence-electron chi connectivity index (χ4n) is 2.30. The van der Waals surface area contributed by atoms with Crippen molar-refractivity contribution < 1.29 is 24.3 Å². The zero-order chi connectivity index (χ0) is 17.0. The van der Waals surface area contributed by atoms with Gasteiger partial charge in [0.25, 0.3) is 0 Å². The molecular formula is C22H23OPRh. The zero-order valence-electron chi connectivity index (χ0n) is 14.3. The van der Waals surface area contributed by atoms with Crippen molar-refractivity contribution in [2.75, 3.05) is 0 Å². The van der Waals surface area contributed by atoms with E-state index in [1.165, 1.54) is 15.9 Å². The Kier molecular flexibility index (Phi) is 10.9. The number of benzene rings is 3. The van der Waals surface area contributed by atoms with Crippen LogP contribution in [-0.4, -0.2) is 6.29 Å². The molecule has 0 bridgehead atoms. The van der Waals surface area contributed by atoms with Gasteiger partial charge >= 0.3 is 0 Å². The molecule has 1 radical (unpaired) electrons. The molecular weight excluding hydrogens is 414 g/mol. The topological polar surface area (TPSA) is 17.1 Å². The first kappa shape index (κ1) is 21.4. The summed E-state index contributed by atoms with van der Waals surface area (Å²) >= 11 is 0. The monoisotopic (exact) mass is 437 g/mol. The summed E-state index contributed by atoms with van der Waals surface area (Å²) in [6, 6.07) is 32.3. The van der Waals surface area contributed by atoms with Gasteiger partial charge in [-0.1, -0.05) is 97.9 Å². The Morgan fingerprint density at radius 2 is 1.00 bits per heavy atom. The normalized spacial score (nSPS) is 9.52. The van der Waals surface area contributed by atoms with Crippen LogP contribution in [0.15, 0.2) is 91.0 Å². The van der Waals surface area contributed by atoms with Gasteiger partial charge in [0.1, 0.15) is 6.29 Å². The Morgan fingerprint density at radius 3 is 1.20 bits per heavy atom. The SMILES string of the molecule is CCCC=O.[Rh].c1ccc(P(c2ccccc2)c2ccccc2)cc1. The second kappa shape index (κ2) is 12.7. The molecule has 0 fully saturated rings. The molecule has 0 atom stereocenters. The average molecular weight is 437 g/mol. The van der Waals surface area contributed by atoms with E-state index in [9.17, 15) is 4.79 Å². The number of carbonyl (C=O) groups excluding carboxylic acids is 1. The molecule has 0 amide bonds. The summed E-state index contributed by atoms with van der Waals surface area (Å²) in [4.78, 5) is 9.40. The van der Waals surface area contributed by atoms with Crippen molar-refractivity contribution in [3.05, 3.63) is 91.0 Å². The minimum absolute atomic E-state index is 0. The number of aldehydes is 1. The first-order valence-corrected chi connectivity index (χ1v) is 9.60. The van der Waals surface area contributed by atoms with Gasteiger partial charge < -0.3 is 4.79 Å². The van der Waals surface area contributed by atoms with E-state index in [4.69, 9.17) is 0 Å². The van der Waals surface area contributed by atoms with E-state index in [0.29, 0.717) is 6.42 Å². The minimum Gasteiger partial charge on any atom is -0.303 e. The van der Waals surface area contributed by atoms with Crippen LogP contribution in [-0.2, 0) is 24.3 Å². The summed E-state index contributed by atoms with van der Waals surface area (Å²) in [7, 11) is -0.446. The molecule has 0 N–H and O–H groups in total. The molecule has 0 unspecified atom stereocenters. The van der Waals surface area contributed by atoms with Crippen LogP contribution in [0.4, 0.5) is 0 Å².